The van der Waals surface area contributed by atoms with Crippen LogP contribution >= 0.6 is 45.5 Å². The van der Waals surface area contributed by atoms with Gasteiger partial charge in [0.15, 0.2) is 0 Å². The minimum atomic E-state index is -0.193. The van der Waals surface area contributed by atoms with Crippen LogP contribution in [-0.4, -0.2) is 10.1 Å². The Morgan fingerprint density at radius 3 is 3.00 bits per heavy atom. The second-order valence-corrected chi connectivity index (χ2v) is 5.73. The first-order valence-corrected chi connectivity index (χ1v) is 5.78. The molecule has 0 unspecified atom stereocenters. The number of hydrogen-bond donors (Lipinski definition) is 1. The van der Waals surface area contributed by atoms with E-state index in [1.54, 1.807) is 6.07 Å². The van der Waals surface area contributed by atoms with Gasteiger partial charge >= 0.3 is 0 Å². The van der Waals surface area contributed by atoms with Gasteiger partial charge in [-0.3, -0.25) is 0 Å². The fourth-order valence-electron chi connectivity index (χ4n) is 1.07. The van der Waals surface area contributed by atoms with E-state index >= 15 is 0 Å². The van der Waals surface area contributed by atoms with Crippen LogP contribution in [0.25, 0.3) is 10.2 Å². The minimum absolute atomic E-state index is 0.170. The van der Waals surface area contributed by atoms with Gasteiger partial charge in [-0.1, -0.05) is 11.6 Å². The highest BCUT2D eigenvalue weighted by molar-refractivity contribution is 14.1. The van der Waals surface area contributed by atoms with E-state index in [9.17, 15) is 5.11 Å². The van der Waals surface area contributed by atoms with Crippen LogP contribution in [0.15, 0.2) is 6.07 Å². The lowest BCUT2D eigenvalue weighted by Crippen LogP contribution is -1.78. The molecule has 2 heterocycles. The van der Waals surface area contributed by atoms with Crippen LogP contribution in [0.3, 0.4) is 0 Å². The van der Waals surface area contributed by atoms with Crippen molar-refractivity contribution < 1.29 is 5.11 Å². The normalized spacial score (nSPS) is 10.4. The predicted molar refractivity (Wildman–Crippen MR) is 63.7 cm³/mol. The van der Waals surface area contributed by atoms with Gasteiger partial charge in [-0.2, -0.15) is 5.26 Å². The van der Waals surface area contributed by atoms with Gasteiger partial charge in [0.1, 0.15) is 15.9 Å². The lowest BCUT2D eigenvalue weighted by Gasteiger charge is -1.94. The first kappa shape index (κ1) is 9.96. The molecular formula is C8H2ClIN2OS. The van der Waals surface area contributed by atoms with Gasteiger partial charge in [0.2, 0.25) is 5.88 Å². The number of pyridine rings is 1. The molecule has 70 valence electrons. The molecule has 0 radical (unpaired) electrons. The molecule has 0 amide bonds. The molecule has 0 aromatic carbocycles. The largest absolute Gasteiger partial charge is 0.492 e. The Kier molecular flexibility index (Phi) is 2.51. The van der Waals surface area contributed by atoms with Crippen molar-refractivity contribution in [3.8, 4) is 11.9 Å². The monoisotopic (exact) mass is 336 g/mol. The van der Waals surface area contributed by atoms with Gasteiger partial charge in [0.05, 0.1) is 8.45 Å². The Morgan fingerprint density at radius 1 is 1.64 bits per heavy atom. The quantitative estimate of drug-likeness (QED) is 0.752. The van der Waals surface area contributed by atoms with Crippen molar-refractivity contribution in [3.63, 3.8) is 0 Å². The molecule has 0 aliphatic carbocycles. The topological polar surface area (TPSA) is 56.9 Å². The van der Waals surface area contributed by atoms with Gasteiger partial charge in [0.25, 0.3) is 0 Å². The molecule has 1 N–H and O–H groups in total. The molecule has 2 aromatic rings. The Morgan fingerprint density at radius 2 is 2.36 bits per heavy atom. The maximum absolute atomic E-state index is 9.27. The number of aromatic hydroxyl groups is 1. The van der Waals surface area contributed by atoms with Crippen molar-refractivity contribution in [1.82, 2.24) is 4.98 Å². The van der Waals surface area contributed by atoms with Crippen LogP contribution in [0.4, 0.5) is 0 Å². The van der Waals surface area contributed by atoms with Crippen molar-refractivity contribution in [1.29, 1.82) is 5.26 Å². The molecule has 2 rings (SSSR count). The molecule has 0 bridgehead atoms. The third-order valence-corrected chi connectivity index (χ3v) is 4.05. The van der Waals surface area contributed by atoms with Crippen LogP contribution in [0, 0.1) is 14.2 Å². The van der Waals surface area contributed by atoms with E-state index in [-0.39, 0.29) is 10.9 Å². The Hall–Kier alpha value is -0.580. The number of nitrogens with zero attached hydrogens (tertiary/aromatic N) is 2. The van der Waals surface area contributed by atoms with Crippen molar-refractivity contribution in [2.45, 2.75) is 0 Å². The number of rotatable bonds is 0. The Bertz CT molecular complexity index is 560. The van der Waals surface area contributed by atoms with E-state index in [2.05, 4.69) is 33.6 Å². The number of fused-ring (bicyclic) bond motifs is 1. The molecule has 0 spiro atoms. The van der Waals surface area contributed by atoms with E-state index in [4.69, 9.17) is 16.9 Å². The predicted octanol–water partition coefficient (Wildman–Crippen LogP) is 3.13. The molecule has 0 fully saturated rings. The molecule has 0 aliphatic rings. The van der Waals surface area contributed by atoms with Crippen molar-refractivity contribution >= 4 is 55.7 Å². The molecule has 0 saturated carbocycles. The third kappa shape index (κ3) is 1.43. The molecule has 0 atom stereocenters. The molecule has 0 aliphatic heterocycles. The second-order valence-electron chi connectivity index (χ2n) is 2.51. The summed E-state index contributed by atoms with van der Waals surface area (Å²) in [5.74, 6) is -0.193. The lowest BCUT2D eigenvalue weighted by atomic mass is 10.2. The SMILES string of the molecule is N#Cc1c(I)sc2nc(O)c(Cl)cc12. The molecule has 2 aromatic heterocycles. The minimum Gasteiger partial charge on any atom is -0.492 e. The molecular weight excluding hydrogens is 335 g/mol. The van der Waals surface area contributed by atoms with Gasteiger partial charge < -0.3 is 5.11 Å². The van der Waals surface area contributed by atoms with Gasteiger partial charge in [-0.25, -0.2) is 4.98 Å². The number of thiophene rings is 1. The Labute approximate surface area is 102 Å². The fourth-order valence-corrected chi connectivity index (χ4v) is 3.08. The van der Waals surface area contributed by atoms with E-state index in [0.717, 1.165) is 2.88 Å². The first-order valence-electron chi connectivity index (χ1n) is 3.51. The van der Waals surface area contributed by atoms with Gasteiger partial charge in [-0.15, -0.1) is 11.3 Å². The van der Waals surface area contributed by atoms with Gasteiger partial charge in [0, 0.05) is 5.39 Å². The maximum Gasteiger partial charge on any atom is 0.231 e. The first-order chi connectivity index (χ1) is 6.63. The Balaban J connectivity index is 2.91. The van der Waals surface area contributed by atoms with Crippen LogP contribution in [0.1, 0.15) is 5.56 Å². The summed E-state index contributed by atoms with van der Waals surface area (Å²) >= 11 is 9.13. The van der Waals surface area contributed by atoms with Crippen LogP contribution in [-0.2, 0) is 0 Å². The maximum atomic E-state index is 9.27. The number of halogens is 2. The standard InChI is InChI=1S/C8H2ClIN2OS/c9-5-1-3-4(2-11)6(10)14-8(3)12-7(5)13/h1H,(H,12,13). The van der Waals surface area contributed by atoms with Crippen LogP contribution in [0.2, 0.25) is 5.02 Å². The average Bonchev–Trinajstić information content (AvgIpc) is 2.42. The fraction of sp³-hybridized carbons (Fsp3) is 0. The summed E-state index contributed by atoms with van der Waals surface area (Å²) in [5.41, 5.74) is 0.569. The zero-order valence-corrected chi connectivity index (χ0v) is 10.3. The van der Waals surface area contributed by atoms with E-state index in [1.807, 2.05) is 0 Å². The number of nitriles is 1. The highest BCUT2D eigenvalue weighted by atomic mass is 127. The smallest absolute Gasteiger partial charge is 0.231 e. The number of aromatic nitrogens is 1. The average molecular weight is 337 g/mol. The van der Waals surface area contributed by atoms with E-state index in [1.165, 1.54) is 11.3 Å². The molecule has 14 heavy (non-hydrogen) atoms. The van der Waals surface area contributed by atoms with Crippen LogP contribution < -0.4 is 0 Å². The summed E-state index contributed by atoms with van der Waals surface area (Å²) in [4.78, 5) is 4.52. The highest BCUT2D eigenvalue weighted by Gasteiger charge is 2.13. The zero-order valence-electron chi connectivity index (χ0n) is 6.58. The second kappa shape index (κ2) is 3.53. The summed E-state index contributed by atoms with van der Waals surface area (Å²) in [6.07, 6.45) is 0. The molecule has 6 heteroatoms. The summed E-state index contributed by atoms with van der Waals surface area (Å²) < 4.78 is 0.856. The van der Waals surface area contributed by atoms with Gasteiger partial charge in [-0.05, 0) is 28.7 Å². The summed E-state index contributed by atoms with van der Waals surface area (Å²) in [7, 11) is 0. The molecule has 3 nitrogen and oxygen atoms in total. The molecule has 0 saturated heterocycles. The summed E-state index contributed by atoms with van der Waals surface area (Å²) in [6.45, 7) is 0. The highest BCUT2D eigenvalue weighted by Crippen LogP contribution is 2.35. The van der Waals surface area contributed by atoms with Crippen molar-refractivity contribution in [3.05, 3.63) is 19.5 Å². The van der Waals surface area contributed by atoms with Crippen LogP contribution in [0.5, 0.6) is 5.88 Å². The van der Waals surface area contributed by atoms with Crippen molar-refractivity contribution in [2.75, 3.05) is 0 Å². The summed E-state index contributed by atoms with van der Waals surface area (Å²) in [5, 5.41) is 19.0. The summed E-state index contributed by atoms with van der Waals surface area (Å²) in [6, 6.07) is 3.65. The third-order valence-electron chi connectivity index (χ3n) is 1.69. The van der Waals surface area contributed by atoms with E-state index < -0.39 is 0 Å². The zero-order chi connectivity index (χ0) is 10.3. The number of hydrogen-bond acceptors (Lipinski definition) is 4. The van der Waals surface area contributed by atoms with E-state index in [0.29, 0.717) is 15.8 Å². The lowest BCUT2D eigenvalue weighted by molar-refractivity contribution is 0.456. The van der Waals surface area contributed by atoms with Crippen molar-refractivity contribution in [2.24, 2.45) is 0 Å².